The minimum Gasteiger partial charge on any atom is -0.380 e. The van der Waals surface area contributed by atoms with Gasteiger partial charge in [0.05, 0.1) is 11.7 Å². The topological polar surface area (TPSA) is 61.3 Å². The molecule has 1 aliphatic rings. The molecule has 0 radical (unpaired) electrons. The molecule has 0 amide bonds. The Labute approximate surface area is 118 Å². The summed E-state index contributed by atoms with van der Waals surface area (Å²) in [6.45, 7) is 2.83. The number of rotatable bonds is 5. The largest absolute Gasteiger partial charge is 0.380 e. The number of hydrogen-bond acceptors (Lipinski definition) is 4. The first-order chi connectivity index (χ1) is 9.78. The normalized spacial score (nSPS) is 21.6. The highest BCUT2D eigenvalue weighted by atomic mass is 16.5. The van der Waals surface area contributed by atoms with Gasteiger partial charge in [-0.2, -0.15) is 0 Å². The maximum Gasteiger partial charge on any atom is 0.175 e. The summed E-state index contributed by atoms with van der Waals surface area (Å²) in [5, 5.41) is 3.93. The van der Waals surface area contributed by atoms with Gasteiger partial charge >= 0.3 is 0 Å². The average Bonchev–Trinajstić information content (AvgIpc) is 2.78. The molecule has 0 aliphatic heterocycles. The SMILES string of the molecule is CCOC1CC(Cc2onc(N)c2-c2ccccc2)C1. The number of nitrogens with two attached hydrogens (primary N) is 1. The van der Waals surface area contributed by atoms with E-state index in [0.29, 0.717) is 17.8 Å². The molecular weight excluding hydrogens is 252 g/mol. The summed E-state index contributed by atoms with van der Waals surface area (Å²) in [4.78, 5) is 0. The number of nitrogens with zero attached hydrogens (tertiary/aromatic N) is 1. The minimum absolute atomic E-state index is 0.422. The predicted molar refractivity (Wildman–Crippen MR) is 78.2 cm³/mol. The molecular formula is C16H20N2O2. The van der Waals surface area contributed by atoms with Crippen LogP contribution in [0.1, 0.15) is 25.5 Å². The van der Waals surface area contributed by atoms with Crippen molar-refractivity contribution in [2.24, 2.45) is 5.92 Å². The van der Waals surface area contributed by atoms with Crippen molar-refractivity contribution in [3.8, 4) is 11.1 Å². The summed E-state index contributed by atoms with van der Waals surface area (Å²) in [7, 11) is 0. The molecule has 20 heavy (non-hydrogen) atoms. The van der Waals surface area contributed by atoms with Gasteiger partial charge in [0.1, 0.15) is 5.76 Å². The molecule has 4 nitrogen and oxygen atoms in total. The second-order valence-corrected chi connectivity index (χ2v) is 5.35. The molecule has 1 aliphatic carbocycles. The van der Waals surface area contributed by atoms with Crippen molar-refractivity contribution in [1.82, 2.24) is 5.16 Å². The summed E-state index contributed by atoms with van der Waals surface area (Å²) >= 11 is 0. The first-order valence-corrected chi connectivity index (χ1v) is 7.19. The monoisotopic (exact) mass is 272 g/mol. The summed E-state index contributed by atoms with van der Waals surface area (Å²) in [6.07, 6.45) is 3.51. The molecule has 3 rings (SSSR count). The van der Waals surface area contributed by atoms with E-state index in [1.165, 1.54) is 0 Å². The van der Waals surface area contributed by atoms with Crippen LogP contribution in [0.15, 0.2) is 34.9 Å². The van der Waals surface area contributed by atoms with Crippen LogP contribution in [0.3, 0.4) is 0 Å². The highest BCUT2D eigenvalue weighted by Gasteiger charge is 2.31. The predicted octanol–water partition coefficient (Wildman–Crippen LogP) is 3.28. The number of benzene rings is 1. The lowest BCUT2D eigenvalue weighted by Crippen LogP contribution is -2.32. The van der Waals surface area contributed by atoms with Crippen molar-refractivity contribution in [2.75, 3.05) is 12.3 Å². The van der Waals surface area contributed by atoms with E-state index in [1.54, 1.807) is 0 Å². The lowest BCUT2D eigenvalue weighted by molar-refractivity contribution is -0.0254. The number of nitrogen functional groups attached to an aromatic ring is 1. The van der Waals surface area contributed by atoms with Crippen LogP contribution >= 0.6 is 0 Å². The summed E-state index contributed by atoms with van der Waals surface area (Å²) in [5.74, 6) is 1.99. The molecule has 4 heteroatoms. The highest BCUT2D eigenvalue weighted by molar-refractivity contribution is 5.75. The molecule has 2 aromatic rings. The average molecular weight is 272 g/mol. The number of aromatic nitrogens is 1. The molecule has 1 heterocycles. The minimum atomic E-state index is 0.422. The lowest BCUT2D eigenvalue weighted by Gasteiger charge is -2.34. The molecule has 106 valence electrons. The van der Waals surface area contributed by atoms with E-state index < -0.39 is 0 Å². The van der Waals surface area contributed by atoms with Crippen LogP contribution in [0.2, 0.25) is 0 Å². The molecule has 1 aromatic carbocycles. The van der Waals surface area contributed by atoms with Gasteiger partial charge in [-0.25, -0.2) is 0 Å². The Kier molecular flexibility index (Phi) is 3.74. The van der Waals surface area contributed by atoms with Gasteiger partial charge < -0.3 is 15.0 Å². The van der Waals surface area contributed by atoms with Crippen LogP contribution in [0.5, 0.6) is 0 Å². The zero-order valence-corrected chi connectivity index (χ0v) is 11.7. The van der Waals surface area contributed by atoms with Crippen molar-refractivity contribution in [2.45, 2.75) is 32.3 Å². The van der Waals surface area contributed by atoms with Gasteiger partial charge in [-0.3, -0.25) is 0 Å². The maximum absolute atomic E-state index is 5.95. The zero-order valence-electron chi connectivity index (χ0n) is 11.7. The smallest absolute Gasteiger partial charge is 0.175 e. The van der Waals surface area contributed by atoms with Gasteiger partial charge in [-0.05, 0) is 31.2 Å². The van der Waals surface area contributed by atoms with Gasteiger partial charge in [0.15, 0.2) is 5.82 Å². The standard InChI is InChI=1S/C16H20N2O2/c1-2-19-13-8-11(9-13)10-14-15(16(17)18-20-14)12-6-4-3-5-7-12/h3-7,11,13H,2,8-10H2,1H3,(H2,17,18). The summed E-state index contributed by atoms with van der Waals surface area (Å²) in [6, 6.07) is 10.1. The molecule has 0 bridgehead atoms. The molecule has 2 N–H and O–H groups in total. The van der Waals surface area contributed by atoms with E-state index in [9.17, 15) is 0 Å². The molecule has 1 fully saturated rings. The molecule has 0 spiro atoms. The third-order valence-corrected chi connectivity index (χ3v) is 3.92. The van der Waals surface area contributed by atoms with Crippen molar-refractivity contribution in [3.05, 3.63) is 36.1 Å². The van der Waals surface area contributed by atoms with E-state index in [2.05, 4.69) is 5.16 Å². The summed E-state index contributed by atoms with van der Waals surface area (Å²) < 4.78 is 11.0. The Bertz CT molecular complexity index is 559. The Hall–Kier alpha value is -1.81. The van der Waals surface area contributed by atoms with Crippen LogP contribution < -0.4 is 5.73 Å². The maximum atomic E-state index is 5.95. The van der Waals surface area contributed by atoms with Gasteiger partial charge in [0, 0.05) is 13.0 Å². The fraction of sp³-hybridized carbons (Fsp3) is 0.438. The van der Waals surface area contributed by atoms with Crippen LogP contribution in [-0.4, -0.2) is 17.9 Å². The Morgan fingerprint density at radius 3 is 2.75 bits per heavy atom. The first kappa shape index (κ1) is 13.2. The molecule has 1 saturated carbocycles. The highest BCUT2D eigenvalue weighted by Crippen LogP contribution is 2.37. The van der Waals surface area contributed by atoms with Gasteiger partial charge in [0.2, 0.25) is 0 Å². The van der Waals surface area contributed by atoms with Crippen LogP contribution in [0.4, 0.5) is 5.82 Å². The van der Waals surface area contributed by atoms with Crippen LogP contribution in [0.25, 0.3) is 11.1 Å². The molecule has 0 saturated heterocycles. The van der Waals surface area contributed by atoms with Crippen molar-refractivity contribution in [1.29, 1.82) is 0 Å². The number of anilines is 1. The summed E-state index contributed by atoms with van der Waals surface area (Å²) in [5.41, 5.74) is 7.97. The van der Waals surface area contributed by atoms with Gasteiger partial charge in [0.25, 0.3) is 0 Å². The fourth-order valence-electron chi connectivity index (χ4n) is 2.87. The van der Waals surface area contributed by atoms with Crippen LogP contribution in [0, 0.1) is 5.92 Å². The third kappa shape index (κ3) is 2.56. The first-order valence-electron chi connectivity index (χ1n) is 7.19. The van der Waals surface area contributed by atoms with E-state index in [-0.39, 0.29) is 0 Å². The third-order valence-electron chi connectivity index (χ3n) is 3.92. The van der Waals surface area contributed by atoms with Crippen molar-refractivity contribution < 1.29 is 9.26 Å². The Morgan fingerprint density at radius 1 is 1.30 bits per heavy atom. The Morgan fingerprint density at radius 2 is 2.05 bits per heavy atom. The Balaban J connectivity index is 1.72. The zero-order chi connectivity index (χ0) is 13.9. The molecule has 0 atom stereocenters. The van der Waals surface area contributed by atoms with E-state index in [0.717, 1.165) is 42.8 Å². The van der Waals surface area contributed by atoms with E-state index in [1.807, 2.05) is 37.3 Å². The van der Waals surface area contributed by atoms with E-state index >= 15 is 0 Å². The van der Waals surface area contributed by atoms with Crippen LogP contribution in [-0.2, 0) is 11.2 Å². The quantitative estimate of drug-likeness (QED) is 0.907. The number of hydrogen-bond donors (Lipinski definition) is 1. The van der Waals surface area contributed by atoms with E-state index in [4.69, 9.17) is 15.0 Å². The fourth-order valence-corrected chi connectivity index (χ4v) is 2.87. The second-order valence-electron chi connectivity index (χ2n) is 5.35. The molecule has 1 aromatic heterocycles. The van der Waals surface area contributed by atoms with Gasteiger partial charge in [-0.1, -0.05) is 35.5 Å². The molecule has 0 unspecified atom stereocenters. The second kappa shape index (κ2) is 5.67. The van der Waals surface area contributed by atoms with Crippen molar-refractivity contribution in [3.63, 3.8) is 0 Å². The van der Waals surface area contributed by atoms with Crippen molar-refractivity contribution >= 4 is 5.82 Å². The van der Waals surface area contributed by atoms with Gasteiger partial charge in [-0.15, -0.1) is 0 Å². The number of ether oxygens (including phenoxy) is 1. The lowest BCUT2D eigenvalue weighted by atomic mass is 9.79.